The molecule has 0 aliphatic rings. The Kier molecular flexibility index (Phi) is 11.1. The van der Waals surface area contributed by atoms with Crippen molar-refractivity contribution in [3.05, 3.63) is 57.2 Å². The number of hydrogen-bond donors (Lipinski definition) is 3. The number of carboxylic acid groups (broad SMARTS) is 1. The zero-order valence-corrected chi connectivity index (χ0v) is 20.9. The number of aliphatic carboxylic acids is 1. The average molecular weight is 583 g/mol. The molecule has 3 N–H and O–H groups in total. The minimum absolute atomic E-state index is 0.0517. The number of halogens is 1. The zero-order chi connectivity index (χ0) is 24.9. The first-order valence-corrected chi connectivity index (χ1v) is 11.5. The highest BCUT2D eigenvalue weighted by molar-refractivity contribution is 14.1. The van der Waals surface area contributed by atoms with Crippen LogP contribution in [0.1, 0.15) is 37.4 Å². The monoisotopic (exact) mass is 583 g/mol. The molecule has 0 aliphatic carbocycles. The lowest BCUT2D eigenvalue weighted by molar-refractivity contribution is -0.139. The highest BCUT2D eigenvalue weighted by atomic mass is 127. The van der Waals surface area contributed by atoms with Crippen LogP contribution < -0.4 is 20.2 Å². The van der Waals surface area contributed by atoms with Gasteiger partial charge in [0.2, 0.25) is 5.91 Å². The van der Waals surface area contributed by atoms with Crippen LogP contribution in [0.25, 0.3) is 0 Å². The lowest BCUT2D eigenvalue weighted by Crippen LogP contribution is -2.33. The number of hydrazone groups is 1. The molecule has 0 aliphatic heterocycles. The Morgan fingerprint density at radius 3 is 2.50 bits per heavy atom. The van der Waals surface area contributed by atoms with Gasteiger partial charge in [-0.05, 0) is 59.7 Å². The van der Waals surface area contributed by atoms with Gasteiger partial charge in [0.1, 0.15) is 0 Å². The smallest absolute Gasteiger partial charge is 0.407 e. The van der Waals surface area contributed by atoms with Gasteiger partial charge in [-0.1, -0.05) is 30.3 Å². The van der Waals surface area contributed by atoms with Crippen molar-refractivity contribution >= 4 is 46.8 Å². The molecule has 0 saturated heterocycles. The molecule has 0 heterocycles. The fraction of sp³-hybridized carbons (Fsp3) is 0.304. The van der Waals surface area contributed by atoms with Gasteiger partial charge >= 0.3 is 12.1 Å². The van der Waals surface area contributed by atoms with E-state index in [9.17, 15) is 14.4 Å². The second-order valence-corrected chi connectivity index (χ2v) is 7.93. The number of amides is 2. The maximum atomic E-state index is 12.5. The third-order valence-corrected chi connectivity index (χ3v) is 5.03. The zero-order valence-electron chi connectivity index (χ0n) is 18.7. The van der Waals surface area contributed by atoms with Crippen LogP contribution in [-0.2, 0) is 14.3 Å². The van der Waals surface area contributed by atoms with Crippen molar-refractivity contribution in [3.8, 4) is 11.5 Å². The van der Waals surface area contributed by atoms with Crippen molar-refractivity contribution in [3.63, 3.8) is 0 Å². The summed E-state index contributed by atoms with van der Waals surface area (Å²) >= 11 is 2.00. The molecule has 2 aromatic rings. The van der Waals surface area contributed by atoms with Crippen molar-refractivity contribution in [2.45, 2.75) is 26.3 Å². The number of carboxylic acids is 1. The molecule has 2 aromatic carbocycles. The third kappa shape index (κ3) is 8.89. The van der Waals surface area contributed by atoms with E-state index in [1.54, 1.807) is 38.1 Å². The molecule has 10 nitrogen and oxygen atoms in total. The van der Waals surface area contributed by atoms with Gasteiger partial charge in [-0.2, -0.15) is 5.10 Å². The maximum absolute atomic E-state index is 12.5. The number of carbonyl (C=O) groups excluding carboxylic acids is 2. The second-order valence-electron chi connectivity index (χ2n) is 6.77. The Bertz CT molecular complexity index is 1020. The quantitative estimate of drug-likeness (QED) is 0.198. The molecule has 0 fully saturated rings. The summed E-state index contributed by atoms with van der Waals surface area (Å²) in [5.41, 5.74) is 3.81. The Morgan fingerprint density at radius 2 is 1.85 bits per heavy atom. The summed E-state index contributed by atoms with van der Waals surface area (Å²) in [4.78, 5) is 35.2. The van der Waals surface area contributed by atoms with Gasteiger partial charge in [-0.15, -0.1) is 0 Å². The van der Waals surface area contributed by atoms with Crippen LogP contribution in [0.5, 0.6) is 11.5 Å². The van der Waals surface area contributed by atoms with Crippen LogP contribution in [0.15, 0.2) is 47.6 Å². The number of carbonyl (C=O) groups is 3. The number of ether oxygens (including phenoxy) is 3. The Balaban J connectivity index is 2.08. The standard InChI is InChI=1S/C23H26IN3O7/c1-3-32-19-11-15(10-17(24)22(19)34-14-21(29)30)13-25-27-20(28)12-18(26-23(31)33-4-2)16-8-6-5-7-9-16/h5-11,13,18H,3-4,12,14H2,1-2H3,(H,26,31)(H,27,28)(H,29,30)/b25-13-/t18-/m0/s1. The lowest BCUT2D eigenvalue weighted by atomic mass is 10.0. The highest BCUT2D eigenvalue weighted by Crippen LogP contribution is 2.33. The van der Waals surface area contributed by atoms with E-state index in [-0.39, 0.29) is 13.0 Å². The van der Waals surface area contributed by atoms with E-state index in [4.69, 9.17) is 19.3 Å². The molecule has 0 saturated carbocycles. The van der Waals surface area contributed by atoms with Crippen LogP contribution >= 0.6 is 22.6 Å². The molecule has 2 amide bonds. The van der Waals surface area contributed by atoms with E-state index in [0.717, 1.165) is 5.56 Å². The van der Waals surface area contributed by atoms with Gasteiger partial charge < -0.3 is 24.6 Å². The molecular formula is C23H26IN3O7. The number of nitrogens with one attached hydrogen (secondary N) is 2. The minimum atomic E-state index is -1.10. The SMILES string of the molecule is CCOC(=O)N[C@@H](CC(=O)N/N=C\c1cc(I)c(OCC(=O)O)c(OCC)c1)c1ccccc1. The van der Waals surface area contributed by atoms with Gasteiger partial charge in [-0.3, -0.25) is 4.79 Å². The Labute approximate surface area is 210 Å². The summed E-state index contributed by atoms with van der Waals surface area (Å²) in [6.07, 6.45) is 0.764. The molecule has 0 radical (unpaired) electrons. The molecular weight excluding hydrogens is 557 g/mol. The summed E-state index contributed by atoms with van der Waals surface area (Å²) < 4.78 is 16.4. The first-order chi connectivity index (χ1) is 16.3. The van der Waals surface area contributed by atoms with E-state index in [0.29, 0.717) is 27.2 Å². The minimum Gasteiger partial charge on any atom is -0.490 e. The number of hydrogen-bond acceptors (Lipinski definition) is 7. The summed E-state index contributed by atoms with van der Waals surface area (Å²) in [7, 11) is 0. The van der Waals surface area contributed by atoms with Crippen LogP contribution in [0.2, 0.25) is 0 Å². The van der Waals surface area contributed by atoms with E-state index in [1.165, 1.54) is 6.21 Å². The van der Waals surface area contributed by atoms with Crippen molar-refractivity contribution in [1.29, 1.82) is 0 Å². The topological polar surface area (TPSA) is 136 Å². The van der Waals surface area contributed by atoms with E-state index in [1.807, 2.05) is 40.8 Å². The maximum Gasteiger partial charge on any atom is 0.407 e. The molecule has 1 atom stereocenters. The third-order valence-electron chi connectivity index (χ3n) is 4.23. The predicted molar refractivity (Wildman–Crippen MR) is 133 cm³/mol. The van der Waals surface area contributed by atoms with Crippen molar-refractivity contribution in [2.75, 3.05) is 19.8 Å². The molecule has 0 aromatic heterocycles. The van der Waals surface area contributed by atoms with E-state index >= 15 is 0 Å². The van der Waals surface area contributed by atoms with Crippen LogP contribution in [-0.4, -0.2) is 49.1 Å². The van der Waals surface area contributed by atoms with Crippen molar-refractivity contribution in [1.82, 2.24) is 10.7 Å². The van der Waals surface area contributed by atoms with Gasteiger partial charge in [0.05, 0.1) is 35.5 Å². The van der Waals surface area contributed by atoms with Crippen LogP contribution in [0, 0.1) is 3.57 Å². The number of benzene rings is 2. The first kappa shape index (κ1) is 26.9. The summed E-state index contributed by atoms with van der Waals surface area (Å²) in [6.45, 7) is 3.56. The largest absolute Gasteiger partial charge is 0.490 e. The lowest BCUT2D eigenvalue weighted by Gasteiger charge is -2.18. The van der Waals surface area contributed by atoms with Gasteiger partial charge in [-0.25, -0.2) is 15.0 Å². The number of alkyl carbamates (subject to hydrolysis) is 1. The van der Waals surface area contributed by atoms with Gasteiger partial charge in [0.25, 0.3) is 0 Å². The molecule has 11 heteroatoms. The molecule has 0 unspecified atom stereocenters. The number of rotatable bonds is 12. The van der Waals surface area contributed by atoms with Gasteiger partial charge in [0, 0.05) is 0 Å². The Morgan fingerprint density at radius 1 is 1.12 bits per heavy atom. The second kappa shape index (κ2) is 14.0. The van der Waals surface area contributed by atoms with Crippen molar-refractivity contribution in [2.24, 2.45) is 5.10 Å². The Hall–Kier alpha value is -3.35. The van der Waals surface area contributed by atoms with E-state index in [2.05, 4.69) is 15.8 Å². The molecule has 2 rings (SSSR count). The van der Waals surface area contributed by atoms with Crippen LogP contribution in [0.3, 0.4) is 0 Å². The summed E-state index contributed by atoms with van der Waals surface area (Å²) in [5, 5.41) is 15.5. The predicted octanol–water partition coefficient (Wildman–Crippen LogP) is 3.48. The highest BCUT2D eigenvalue weighted by Gasteiger charge is 2.19. The van der Waals surface area contributed by atoms with Crippen LogP contribution in [0.4, 0.5) is 4.79 Å². The summed E-state index contributed by atoms with van der Waals surface area (Å²) in [5.74, 6) is -0.825. The molecule has 0 spiro atoms. The molecule has 0 bridgehead atoms. The molecule has 182 valence electrons. The normalized spacial score (nSPS) is 11.5. The van der Waals surface area contributed by atoms with Gasteiger partial charge in [0.15, 0.2) is 18.1 Å². The fourth-order valence-electron chi connectivity index (χ4n) is 2.86. The van der Waals surface area contributed by atoms with Crippen molar-refractivity contribution < 1.29 is 33.7 Å². The van der Waals surface area contributed by atoms with E-state index < -0.39 is 30.6 Å². The summed E-state index contributed by atoms with van der Waals surface area (Å²) in [6, 6.07) is 11.8. The first-order valence-electron chi connectivity index (χ1n) is 10.4. The fourth-order valence-corrected chi connectivity index (χ4v) is 3.64. The average Bonchev–Trinajstić information content (AvgIpc) is 2.79. The molecule has 34 heavy (non-hydrogen) atoms. The number of nitrogens with zero attached hydrogens (tertiary/aromatic N) is 1.